The van der Waals surface area contributed by atoms with Gasteiger partial charge in [-0.25, -0.2) is 0 Å². The summed E-state index contributed by atoms with van der Waals surface area (Å²) < 4.78 is 6.01. The SMILES string of the molecule is O=C(O)CCNCc1occc1Br. The maximum absolute atomic E-state index is 10.2. The lowest BCUT2D eigenvalue weighted by atomic mass is 10.4. The van der Waals surface area contributed by atoms with Crippen LogP contribution in [0, 0.1) is 0 Å². The molecule has 1 rings (SSSR count). The largest absolute Gasteiger partial charge is 0.481 e. The Kier molecular flexibility index (Phi) is 3.98. The van der Waals surface area contributed by atoms with Gasteiger partial charge in [0.05, 0.1) is 23.7 Å². The molecule has 72 valence electrons. The summed E-state index contributed by atoms with van der Waals surface area (Å²) in [7, 11) is 0. The first-order valence-corrected chi connectivity index (χ1v) is 4.64. The summed E-state index contributed by atoms with van der Waals surface area (Å²) in [6, 6.07) is 1.80. The molecule has 0 aliphatic heterocycles. The number of carbonyl (C=O) groups is 1. The van der Waals surface area contributed by atoms with E-state index >= 15 is 0 Å². The molecule has 0 saturated heterocycles. The third-order valence-corrected chi connectivity index (χ3v) is 2.20. The second-order valence-corrected chi connectivity index (χ2v) is 3.37. The molecule has 0 fully saturated rings. The monoisotopic (exact) mass is 247 g/mol. The van der Waals surface area contributed by atoms with Crippen molar-refractivity contribution in [2.75, 3.05) is 6.54 Å². The van der Waals surface area contributed by atoms with Crippen LogP contribution < -0.4 is 5.32 Å². The van der Waals surface area contributed by atoms with Gasteiger partial charge in [0.25, 0.3) is 0 Å². The van der Waals surface area contributed by atoms with Gasteiger partial charge in [-0.2, -0.15) is 0 Å². The molecule has 0 saturated carbocycles. The summed E-state index contributed by atoms with van der Waals surface area (Å²) in [5, 5.41) is 11.3. The third kappa shape index (κ3) is 3.61. The number of rotatable bonds is 5. The molecule has 1 aromatic heterocycles. The minimum absolute atomic E-state index is 0.123. The highest BCUT2D eigenvalue weighted by molar-refractivity contribution is 9.10. The Labute approximate surface area is 84.1 Å². The summed E-state index contributed by atoms with van der Waals surface area (Å²) in [5.74, 6) is -0.0172. The summed E-state index contributed by atoms with van der Waals surface area (Å²) in [6.07, 6.45) is 1.70. The molecule has 0 aliphatic carbocycles. The van der Waals surface area contributed by atoms with E-state index in [9.17, 15) is 4.79 Å². The number of nitrogens with one attached hydrogen (secondary N) is 1. The van der Waals surface area contributed by atoms with Gasteiger partial charge in [-0.15, -0.1) is 0 Å². The van der Waals surface area contributed by atoms with Crippen LogP contribution >= 0.6 is 15.9 Å². The zero-order valence-electron chi connectivity index (χ0n) is 6.92. The van der Waals surface area contributed by atoms with Crippen LogP contribution in [0.15, 0.2) is 21.2 Å². The lowest BCUT2D eigenvalue weighted by Gasteiger charge is -1.99. The molecule has 2 N–H and O–H groups in total. The molecule has 13 heavy (non-hydrogen) atoms. The lowest BCUT2D eigenvalue weighted by Crippen LogP contribution is -2.17. The van der Waals surface area contributed by atoms with Crippen molar-refractivity contribution in [1.82, 2.24) is 5.32 Å². The number of halogens is 1. The molecule has 0 bridgehead atoms. The zero-order valence-corrected chi connectivity index (χ0v) is 8.50. The minimum Gasteiger partial charge on any atom is -0.481 e. The fourth-order valence-corrected chi connectivity index (χ4v) is 1.19. The van der Waals surface area contributed by atoms with E-state index in [-0.39, 0.29) is 6.42 Å². The van der Waals surface area contributed by atoms with Gasteiger partial charge in [0.1, 0.15) is 5.76 Å². The number of furan rings is 1. The highest BCUT2D eigenvalue weighted by Crippen LogP contribution is 2.16. The van der Waals surface area contributed by atoms with Gasteiger partial charge in [0.2, 0.25) is 0 Å². The van der Waals surface area contributed by atoms with Crippen LogP contribution in [0.3, 0.4) is 0 Å². The van der Waals surface area contributed by atoms with Crippen molar-refractivity contribution in [2.24, 2.45) is 0 Å². The van der Waals surface area contributed by atoms with Crippen LogP contribution in [0.1, 0.15) is 12.2 Å². The highest BCUT2D eigenvalue weighted by atomic mass is 79.9. The average molecular weight is 248 g/mol. The zero-order chi connectivity index (χ0) is 9.68. The maximum Gasteiger partial charge on any atom is 0.304 e. The summed E-state index contributed by atoms with van der Waals surface area (Å²) in [5.41, 5.74) is 0. The lowest BCUT2D eigenvalue weighted by molar-refractivity contribution is -0.136. The van der Waals surface area contributed by atoms with E-state index in [0.29, 0.717) is 13.1 Å². The van der Waals surface area contributed by atoms with Gasteiger partial charge in [0, 0.05) is 6.54 Å². The fourth-order valence-electron chi connectivity index (χ4n) is 0.848. The fraction of sp³-hybridized carbons (Fsp3) is 0.375. The standard InChI is InChI=1S/C8H10BrNO3/c9-6-2-4-13-7(6)5-10-3-1-8(11)12/h2,4,10H,1,3,5H2,(H,11,12). The molecule has 0 spiro atoms. The molecular weight excluding hydrogens is 238 g/mol. The van der Waals surface area contributed by atoms with Gasteiger partial charge in [-0.05, 0) is 22.0 Å². The first-order valence-electron chi connectivity index (χ1n) is 3.84. The molecule has 0 unspecified atom stereocenters. The summed E-state index contributed by atoms with van der Waals surface area (Å²) in [4.78, 5) is 10.2. The molecule has 0 atom stereocenters. The van der Waals surface area contributed by atoms with Gasteiger partial charge < -0.3 is 14.8 Å². The van der Waals surface area contributed by atoms with E-state index in [4.69, 9.17) is 9.52 Å². The summed E-state index contributed by atoms with van der Waals surface area (Å²) >= 11 is 3.30. The second kappa shape index (κ2) is 5.04. The van der Waals surface area contributed by atoms with E-state index in [0.717, 1.165) is 10.2 Å². The first kappa shape index (κ1) is 10.3. The highest BCUT2D eigenvalue weighted by Gasteiger charge is 2.02. The van der Waals surface area contributed by atoms with Crippen LogP contribution in [0.4, 0.5) is 0 Å². The topological polar surface area (TPSA) is 62.5 Å². The van der Waals surface area contributed by atoms with Crippen molar-refractivity contribution in [3.05, 3.63) is 22.6 Å². The average Bonchev–Trinajstić information content (AvgIpc) is 2.45. The van der Waals surface area contributed by atoms with E-state index in [1.807, 2.05) is 0 Å². The normalized spacial score (nSPS) is 10.2. The summed E-state index contributed by atoms with van der Waals surface area (Å²) in [6.45, 7) is 0.989. The van der Waals surface area contributed by atoms with Crippen molar-refractivity contribution in [1.29, 1.82) is 0 Å². The molecule has 5 heteroatoms. The molecular formula is C8H10BrNO3. The van der Waals surface area contributed by atoms with E-state index in [1.165, 1.54) is 0 Å². The minimum atomic E-state index is -0.800. The Bertz CT molecular complexity index is 285. The Morgan fingerprint density at radius 1 is 1.69 bits per heavy atom. The molecule has 4 nitrogen and oxygen atoms in total. The van der Waals surface area contributed by atoms with E-state index in [2.05, 4.69) is 21.2 Å². The Hall–Kier alpha value is -0.810. The Balaban J connectivity index is 2.20. The van der Waals surface area contributed by atoms with Crippen LogP contribution in [-0.4, -0.2) is 17.6 Å². The first-order chi connectivity index (χ1) is 6.20. The molecule has 1 aromatic rings. The van der Waals surface area contributed by atoms with Gasteiger partial charge in [-0.1, -0.05) is 0 Å². The van der Waals surface area contributed by atoms with Crippen LogP contribution in [-0.2, 0) is 11.3 Å². The van der Waals surface area contributed by atoms with Crippen LogP contribution in [0.2, 0.25) is 0 Å². The predicted octanol–water partition coefficient (Wildman–Crippen LogP) is 1.61. The quantitative estimate of drug-likeness (QED) is 0.777. The van der Waals surface area contributed by atoms with Crippen LogP contribution in [0.25, 0.3) is 0 Å². The maximum atomic E-state index is 10.2. The van der Waals surface area contributed by atoms with Crippen LogP contribution in [0.5, 0.6) is 0 Å². The third-order valence-electron chi connectivity index (χ3n) is 1.49. The Morgan fingerprint density at radius 2 is 2.46 bits per heavy atom. The van der Waals surface area contributed by atoms with Crippen molar-refractivity contribution in [3.8, 4) is 0 Å². The molecule has 0 radical (unpaired) electrons. The van der Waals surface area contributed by atoms with Crippen molar-refractivity contribution in [2.45, 2.75) is 13.0 Å². The number of carboxylic acid groups (broad SMARTS) is 1. The van der Waals surface area contributed by atoms with Gasteiger partial charge in [0.15, 0.2) is 0 Å². The van der Waals surface area contributed by atoms with Gasteiger partial charge in [-0.3, -0.25) is 4.79 Å². The predicted molar refractivity (Wildman–Crippen MR) is 50.4 cm³/mol. The second-order valence-electron chi connectivity index (χ2n) is 2.51. The molecule has 0 aromatic carbocycles. The number of hydrogen-bond donors (Lipinski definition) is 2. The van der Waals surface area contributed by atoms with Gasteiger partial charge >= 0.3 is 5.97 Å². The number of hydrogen-bond acceptors (Lipinski definition) is 3. The van der Waals surface area contributed by atoms with Crippen molar-refractivity contribution >= 4 is 21.9 Å². The van der Waals surface area contributed by atoms with E-state index in [1.54, 1.807) is 12.3 Å². The molecule has 1 heterocycles. The van der Waals surface area contributed by atoms with E-state index < -0.39 is 5.97 Å². The smallest absolute Gasteiger partial charge is 0.304 e. The Morgan fingerprint density at radius 3 is 3.00 bits per heavy atom. The molecule has 0 amide bonds. The van der Waals surface area contributed by atoms with Crippen molar-refractivity contribution in [3.63, 3.8) is 0 Å². The molecule has 0 aliphatic rings. The number of aliphatic carboxylic acids is 1. The number of carboxylic acids is 1. The van der Waals surface area contributed by atoms with Crippen molar-refractivity contribution < 1.29 is 14.3 Å².